The average molecular weight is 823 g/mol. The highest BCUT2D eigenvalue weighted by atomic mass is 16.6. The molecule has 0 aliphatic carbocycles. The lowest BCUT2D eigenvalue weighted by molar-refractivity contribution is -0.138. The first-order chi connectivity index (χ1) is 27.9. The Balaban J connectivity index is 1.65. The standard InChI is InChI=1S/C38H58N6O14/c1-27(2)35(43-31(45)26-28-5-7-29(8-6-28)44-32(46)9-10-33(44)47)37(51)42-30(4-3-12-41-38(39)52)36(50)40-13-15-54-17-19-56-21-23-58-25-24-57-22-20-55-18-16-53-14-11-34(48)49/h5-10,27,30,35H,3-4,11-26H2,1-2H3,(H,40,50)(H,42,51)(H,43,45)(H,48,49)(H3,39,41,52)/t30-,35-/m0/s1. The number of ether oxygens (including phenoxy) is 6. The van der Waals surface area contributed by atoms with Crippen molar-refractivity contribution in [2.75, 3.05) is 97.3 Å². The second-order valence-corrected chi connectivity index (χ2v) is 13.1. The number of imide groups is 1. The van der Waals surface area contributed by atoms with Gasteiger partial charge >= 0.3 is 12.0 Å². The number of urea groups is 1. The van der Waals surface area contributed by atoms with E-state index in [1.165, 1.54) is 12.2 Å². The fraction of sp³-hybridized carbons (Fsp3) is 0.605. The van der Waals surface area contributed by atoms with Crippen LogP contribution in [0.25, 0.3) is 0 Å². The number of anilines is 1. The second kappa shape index (κ2) is 29.3. The number of hydrogen-bond acceptors (Lipinski definition) is 13. The molecule has 7 N–H and O–H groups in total. The maximum Gasteiger partial charge on any atom is 0.312 e. The largest absolute Gasteiger partial charge is 0.481 e. The number of nitrogens with zero attached hydrogens (tertiary/aromatic N) is 1. The van der Waals surface area contributed by atoms with Crippen molar-refractivity contribution in [1.29, 1.82) is 0 Å². The van der Waals surface area contributed by atoms with E-state index < -0.39 is 53.6 Å². The SMILES string of the molecule is CC(C)[C@H](NC(=O)Cc1ccc(N2C(=O)C=CC2=O)cc1)C(=O)N[C@@H](CCCNC(N)=O)C(=O)NCCOCCOCCOCCOCCOCCOCCC(=O)O. The molecule has 0 radical (unpaired) electrons. The first-order valence-electron chi connectivity index (χ1n) is 19.1. The molecule has 0 saturated heterocycles. The zero-order valence-electron chi connectivity index (χ0n) is 33.2. The summed E-state index contributed by atoms with van der Waals surface area (Å²) in [7, 11) is 0. The van der Waals surface area contributed by atoms with E-state index in [1.54, 1.807) is 38.1 Å². The smallest absolute Gasteiger partial charge is 0.312 e. The van der Waals surface area contributed by atoms with E-state index in [0.29, 0.717) is 77.1 Å². The summed E-state index contributed by atoms with van der Waals surface area (Å²) in [6, 6.07) is 3.67. The van der Waals surface area contributed by atoms with Crippen molar-refractivity contribution in [1.82, 2.24) is 21.3 Å². The lowest BCUT2D eigenvalue weighted by atomic mass is 10.0. The molecule has 1 aliphatic rings. The molecule has 2 rings (SSSR count). The van der Waals surface area contributed by atoms with Crippen LogP contribution in [0.15, 0.2) is 36.4 Å². The number of carbonyl (C=O) groups excluding carboxylic acids is 6. The molecule has 20 heteroatoms. The molecule has 0 bridgehead atoms. The molecule has 1 aliphatic heterocycles. The van der Waals surface area contributed by atoms with Gasteiger partial charge in [0.2, 0.25) is 17.7 Å². The van der Waals surface area contributed by atoms with Gasteiger partial charge in [-0.1, -0.05) is 26.0 Å². The third-order valence-corrected chi connectivity index (χ3v) is 8.10. The van der Waals surface area contributed by atoms with Crippen LogP contribution in [-0.4, -0.2) is 151 Å². The summed E-state index contributed by atoms with van der Waals surface area (Å²) in [6.45, 7) is 7.71. The summed E-state index contributed by atoms with van der Waals surface area (Å²) < 4.78 is 32.3. The van der Waals surface area contributed by atoms with E-state index in [-0.39, 0.29) is 58.1 Å². The molecule has 1 aromatic carbocycles. The number of rotatable bonds is 33. The quantitative estimate of drug-likeness (QED) is 0.0383. The lowest BCUT2D eigenvalue weighted by Crippen LogP contribution is -2.55. The van der Waals surface area contributed by atoms with Gasteiger partial charge < -0.3 is 60.5 Å². The maximum absolute atomic E-state index is 13.4. The number of nitrogens with two attached hydrogens (primary N) is 1. The molecule has 324 valence electrons. The Morgan fingerprint density at radius 2 is 1.17 bits per heavy atom. The normalized spacial score (nSPS) is 13.4. The molecular formula is C38H58N6O14. The van der Waals surface area contributed by atoms with Gasteiger partial charge in [0.15, 0.2) is 0 Å². The highest BCUT2D eigenvalue weighted by Gasteiger charge is 2.29. The van der Waals surface area contributed by atoms with Gasteiger partial charge in [-0.3, -0.25) is 28.8 Å². The highest BCUT2D eigenvalue weighted by Crippen LogP contribution is 2.20. The number of hydrogen-bond donors (Lipinski definition) is 6. The summed E-state index contributed by atoms with van der Waals surface area (Å²) in [5.74, 6) is -3.64. The number of carboxylic acids is 1. The van der Waals surface area contributed by atoms with E-state index in [9.17, 15) is 33.6 Å². The van der Waals surface area contributed by atoms with Gasteiger partial charge in [-0.2, -0.15) is 0 Å². The molecule has 2 atom stereocenters. The van der Waals surface area contributed by atoms with Gasteiger partial charge in [-0.25, -0.2) is 9.69 Å². The number of nitrogens with one attached hydrogen (secondary N) is 4. The molecule has 1 heterocycles. The van der Waals surface area contributed by atoms with Crippen LogP contribution in [0, 0.1) is 5.92 Å². The number of amides is 7. The van der Waals surface area contributed by atoms with Crippen molar-refractivity contribution in [3.8, 4) is 0 Å². The minimum Gasteiger partial charge on any atom is -0.481 e. The topological polar surface area (TPSA) is 272 Å². The van der Waals surface area contributed by atoms with Crippen LogP contribution >= 0.6 is 0 Å². The number of benzene rings is 1. The fourth-order valence-corrected chi connectivity index (χ4v) is 5.14. The van der Waals surface area contributed by atoms with Crippen LogP contribution < -0.4 is 31.9 Å². The highest BCUT2D eigenvalue weighted by molar-refractivity contribution is 6.28. The Kier molecular flexibility index (Phi) is 24.8. The maximum atomic E-state index is 13.4. The summed E-state index contributed by atoms with van der Waals surface area (Å²) in [6.07, 6.45) is 2.74. The Morgan fingerprint density at radius 3 is 1.66 bits per heavy atom. The van der Waals surface area contributed by atoms with Crippen LogP contribution in [0.4, 0.5) is 10.5 Å². The third kappa shape index (κ3) is 21.5. The lowest BCUT2D eigenvalue weighted by Gasteiger charge is -2.25. The van der Waals surface area contributed by atoms with E-state index in [4.69, 9.17) is 39.3 Å². The van der Waals surface area contributed by atoms with Gasteiger partial charge in [0, 0.05) is 25.2 Å². The Bertz CT molecular complexity index is 1460. The number of primary amides is 1. The van der Waals surface area contributed by atoms with Crippen molar-refractivity contribution in [3.63, 3.8) is 0 Å². The molecule has 7 amide bonds. The summed E-state index contributed by atoms with van der Waals surface area (Å²) >= 11 is 0. The molecule has 0 unspecified atom stereocenters. The third-order valence-electron chi connectivity index (χ3n) is 8.10. The number of carboxylic acid groups (broad SMARTS) is 1. The average Bonchev–Trinajstić information content (AvgIpc) is 3.52. The van der Waals surface area contributed by atoms with Crippen molar-refractivity contribution >= 4 is 47.2 Å². The summed E-state index contributed by atoms with van der Waals surface area (Å²) in [5, 5.41) is 19.2. The van der Waals surface area contributed by atoms with Crippen LogP contribution in [-0.2, 0) is 63.6 Å². The van der Waals surface area contributed by atoms with E-state index >= 15 is 0 Å². The molecular weight excluding hydrogens is 764 g/mol. The van der Waals surface area contributed by atoms with Crippen LogP contribution in [0.2, 0.25) is 0 Å². The van der Waals surface area contributed by atoms with E-state index in [0.717, 1.165) is 4.90 Å². The van der Waals surface area contributed by atoms with Gasteiger partial charge in [-0.15, -0.1) is 0 Å². The van der Waals surface area contributed by atoms with E-state index in [1.807, 2.05) is 0 Å². The minimum absolute atomic E-state index is 0.0394. The monoisotopic (exact) mass is 822 g/mol. The Labute approximate surface area is 337 Å². The van der Waals surface area contributed by atoms with Gasteiger partial charge in [0.05, 0.1) is 97.8 Å². The molecule has 0 aromatic heterocycles. The second-order valence-electron chi connectivity index (χ2n) is 13.1. The molecule has 58 heavy (non-hydrogen) atoms. The molecule has 0 fully saturated rings. The first kappa shape index (κ1) is 49.2. The van der Waals surface area contributed by atoms with Gasteiger partial charge in [0.1, 0.15) is 12.1 Å². The van der Waals surface area contributed by atoms with Crippen molar-refractivity contribution in [3.05, 3.63) is 42.0 Å². The number of carbonyl (C=O) groups is 7. The van der Waals surface area contributed by atoms with Crippen LogP contribution in [0.5, 0.6) is 0 Å². The van der Waals surface area contributed by atoms with Gasteiger partial charge in [0.25, 0.3) is 11.8 Å². The molecule has 0 saturated carbocycles. The molecule has 1 aromatic rings. The van der Waals surface area contributed by atoms with Gasteiger partial charge in [-0.05, 0) is 36.5 Å². The van der Waals surface area contributed by atoms with Crippen molar-refractivity contribution < 1.29 is 67.1 Å². The zero-order valence-corrected chi connectivity index (χ0v) is 33.2. The Morgan fingerprint density at radius 1 is 0.672 bits per heavy atom. The van der Waals surface area contributed by atoms with Crippen LogP contribution in [0.1, 0.15) is 38.7 Å². The van der Waals surface area contributed by atoms with E-state index in [2.05, 4.69) is 21.3 Å². The number of aliphatic carboxylic acids is 1. The minimum atomic E-state index is -0.983. The molecule has 20 nitrogen and oxygen atoms in total. The van der Waals surface area contributed by atoms with Crippen molar-refractivity contribution in [2.45, 2.75) is 51.6 Å². The van der Waals surface area contributed by atoms with Crippen LogP contribution in [0.3, 0.4) is 0 Å². The Hall–Kier alpha value is -4.99. The predicted octanol–water partition coefficient (Wildman–Crippen LogP) is -0.577. The summed E-state index contributed by atoms with van der Waals surface area (Å²) in [5.41, 5.74) is 6.10. The predicted molar refractivity (Wildman–Crippen MR) is 207 cm³/mol. The summed E-state index contributed by atoms with van der Waals surface area (Å²) in [4.78, 5) is 86.0. The molecule has 0 spiro atoms. The zero-order chi connectivity index (χ0) is 42.5. The fourth-order valence-electron chi connectivity index (χ4n) is 5.14. The van der Waals surface area contributed by atoms with Crippen molar-refractivity contribution in [2.24, 2.45) is 11.7 Å². The first-order valence-corrected chi connectivity index (χ1v) is 19.1.